The van der Waals surface area contributed by atoms with Crippen molar-refractivity contribution in [3.8, 4) is 23.0 Å². The molecular formula is C32H31N3O4S. The molecule has 40 heavy (non-hydrogen) atoms. The van der Waals surface area contributed by atoms with Crippen molar-refractivity contribution in [2.24, 2.45) is 5.41 Å². The van der Waals surface area contributed by atoms with Gasteiger partial charge in [-0.3, -0.25) is 4.90 Å². The van der Waals surface area contributed by atoms with Crippen LogP contribution >= 0.6 is 0 Å². The van der Waals surface area contributed by atoms with Gasteiger partial charge in [-0.1, -0.05) is 42.2 Å². The fourth-order valence-corrected chi connectivity index (χ4v) is 6.91. The number of piperidine rings is 1. The molecule has 0 aliphatic carbocycles. The highest BCUT2D eigenvalue weighted by atomic mass is 32.2. The van der Waals surface area contributed by atoms with Crippen LogP contribution in [-0.4, -0.2) is 66.1 Å². The lowest BCUT2D eigenvalue weighted by molar-refractivity contribution is -0.0393. The van der Waals surface area contributed by atoms with Gasteiger partial charge in [-0.25, -0.2) is 17.5 Å². The summed E-state index contributed by atoms with van der Waals surface area (Å²) in [5, 5.41) is 10.9. The summed E-state index contributed by atoms with van der Waals surface area (Å²) >= 11 is 0. The average molecular weight is 554 g/mol. The largest absolute Gasteiger partial charge is 0.478 e. The summed E-state index contributed by atoms with van der Waals surface area (Å²) in [5.74, 6) is 5.46. The van der Waals surface area contributed by atoms with Gasteiger partial charge in [0.1, 0.15) is 0 Å². The lowest BCUT2D eigenvalue weighted by atomic mass is 9.72. The van der Waals surface area contributed by atoms with E-state index in [9.17, 15) is 18.3 Å². The summed E-state index contributed by atoms with van der Waals surface area (Å²) in [5.41, 5.74) is 5.59. The van der Waals surface area contributed by atoms with Gasteiger partial charge >= 0.3 is 5.97 Å². The second kappa shape index (κ2) is 10.3. The number of carboxylic acids is 1. The smallest absolute Gasteiger partial charge is 0.336 e. The number of aromatic nitrogens is 1. The molecule has 1 aromatic heterocycles. The molecule has 2 N–H and O–H groups in total. The summed E-state index contributed by atoms with van der Waals surface area (Å²) < 4.78 is 25.2. The molecule has 204 valence electrons. The second-order valence-electron chi connectivity index (χ2n) is 11.1. The molecule has 0 bridgehead atoms. The molecule has 0 unspecified atom stereocenters. The number of sulfonamides is 1. The fraction of sp³-hybridized carbons (Fsp3) is 0.281. The maximum atomic E-state index is 12.1. The Labute approximate surface area is 234 Å². The van der Waals surface area contributed by atoms with Crippen molar-refractivity contribution in [3.63, 3.8) is 0 Å². The summed E-state index contributed by atoms with van der Waals surface area (Å²) in [6.45, 7) is 4.11. The van der Waals surface area contributed by atoms with Crippen LogP contribution in [0.2, 0.25) is 0 Å². The number of carboxylic acid groups (broad SMARTS) is 1. The first-order valence-electron chi connectivity index (χ1n) is 13.4. The third-order valence-corrected chi connectivity index (χ3v) is 9.51. The quantitative estimate of drug-likeness (QED) is 0.347. The summed E-state index contributed by atoms with van der Waals surface area (Å²) in [6, 6.07) is 21.3. The van der Waals surface area contributed by atoms with E-state index in [1.54, 1.807) is 16.4 Å². The third-order valence-electron chi connectivity index (χ3n) is 8.21. The topological polar surface area (TPSA) is 93.7 Å². The molecule has 0 amide bonds. The Morgan fingerprint density at radius 3 is 2.45 bits per heavy atom. The van der Waals surface area contributed by atoms with Crippen molar-refractivity contribution in [1.29, 1.82) is 0 Å². The van der Waals surface area contributed by atoms with E-state index in [0.29, 0.717) is 24.2 Å². The number of nitrogens with one attached hydrogen (secondary N) is 1. The van der Waals surface area contributed by atoms with Crippen LogP contribution in [0.3, 0.4) is 0 Å². The summed E-state index contributed by atoms with van der Waals surface area (Å²) in [6.07, 6.45) is 5.01. The Kier molecular flexibility index (Phi) is 6.75. The Morgan fingerprint density at radius 2 is 1.75 bits per heavy atom. The molecule has 8 heteroatoms. The standard InChI is InChI=1S/C32H31N3O4S/c1-40(38,39)35-17-14-32(15-18-35)21-34(22-32)20-24-7-5-23(6-8-24)9-10-26-3-2-4-28(31(36)37)30(26)27-12-11-25-13-16-33-29(25)19-27/h2-8,11-13,16,19,33H,14-15,17-18,20-22H2,1H3,(H,36,37). The summed E-state index contributed by atoms with van der Waals surface area (Å²) in [7, 11) is -3.10. The highest BCUT2D eigenvalue weighted by Gasteiger charge is 2.45. The first kappa shape index (κ1) is 26.3. The van der Waals surface area contributed by atoms with Crippen molar-refractivity contribution in [1.82, 2.24) is 14.2 Å². The van der Waals surface area contributed by atoms with Gasteiger partial charge in [-0.15, -0.1) is 0 Å². The molecule has 4 aromatic rings. The Balaban J connectivity index is 1.15. The Hall–Kier alpha value is -3.90. The van der Waals surface area contributed by atoms with Crippen molar-refractivity contribution in [2.75, 3.05) is 32.4 Å². The van der Waals surface area contributed by atoms with E-state index in [0.717, 1.165) is 54.5 Å². The van der Waals surface area contributed by atoms with E-state index < -0.39 is 16.0 Å². The SMILES string of the molecule is CS(=O)(=O)N1CCC2(CC1)CN(Cc1ccc(C#Cc3cccc(C(=O)O)c3-c3ccc4cc[nH]c4c3)cc1)C2. The first-order valence-corrected chi connectivity index (χ1v) is 15.3. The van der Waals surface area contributed by atoms with E-state index in [1.807, 2.05) is 48.7 Å². The van der Waals surface area contributed by atoms with Crippen LogP contribution in [0.4, 0.5) is 0 Å². The Morgan fingerprint density at radius 1 is 1.00 bits per heavy atom. The van der Waals surface area contributed by atoms with Crippen molar-refractivity contribution in [2.45, 2.75) is 19.4 Å². The molecule has 0 saturated carbocycles. The van der Waals surface area contributed by atoms with Crippen LogP contribution in [0.15, 0.2) is 72.9 Å². The van der Waals surface area contributed by atoms with Crippen LogP contribution < -0.4 is 0 Å². The number of hydrogen-bond donors (Lipinski definition) is 2. The van der Waals surface area contributed by atoms with Gasteiger partial charge < -0.3 is 10.1 Å². The highest BCUT2D eigenvalue weighted by Crippen LogP contribution is 2.41. The molecule has 2 aliphatic heterocycles. The number of nitrogens with zero attached hydrogens (tertiary/aromatic N) is 2. The van der Waals surface area contributed by atoms with Crippen molar-refractivity contribution >= 4 is 26.9 Å². The summed E-state index contributed by atoms with van der Waals surface area (Å²) in [4.78, 5) is 17.7. The number of benzene rings is 3. The Bertz CT molecular complexity index is 1750. The van der Waals surface area contributed by atoms with Crippen molar-refractivity contribution in [3.05, 3.63) is 95.2 Å². The van der Waals surface area contributed by atoms with Crippen LogP contribution in [0, 0.1) is 17.3 Å². The molecule has 2 fully saturated rings. The van der Waals surface area contributed by atoms with Gasteiger partial charge in [0.25, 0.3) is 0 Å². The zero-order chi connectivity index (χ0) is 27.9. The molecule has 6 rings (SSSR count). The first-order chi connectivity index (χ1) is 19.2. The number of carbonyl (C=O) groups is 1. The highest BCUT2D eigenvalue weighted by molar-refractivity contribution is 7.88. The lowest BCUT2D eigenvalue weighted by Gasteiger charge is -2.53. The minimum Gasteiger partial charge on any atom is -0.478 e. The number of rotatable bonds is 5. The van der Waals surface area contributed by atoms with Crippen LogP contribution in [-0.2, 0) is 16.6 Å². The minimum atomic E-state index is -3.10. The number of likely N-dealkylation sites (tertiary alicyclic amines) is 1. The molecule has 1 spiro atoms. The van der Waals surface area contributed by atoms with Crippen LogP contribution in [0.5, 0.6) is 0 Å². The third kappa shape index (κ3) is 5.28. The fourth-order valence-electron chi connectivity index (χ4n) is 6.06. The van der Waals surface area contributed by atoms with Gasteiger partial charge in [0.2, 0.25) is 10.0 Å². The van der Waals surface area contributed by atoms with Crippen LogP contribution in [0.25, 0.3) is 22.0 Å². The molecule has 7 nitrogen and oxygen atoms in total. The minimum absolute atomic E-state index is 0.224. The van der Waals surface area contributed by atoms with E-state index >= 15 is 0 Å². The molecule has 3 aromatic carbocycles. The van der Waals surface area contributed by atoms with Crippen molar-refractivity contribution < 1.29 is 18.3 Å². The van der Waals surface area contributed by atoms with Gasteiger partial charge in [-0.2, -0.15) is 0 Å². The normalized spacial score (nSPS) is 17.3. The van der Waals surface area contributed by atoms with Gasteiger partial charge in [0.15, 0.2) is 0 Å². The van der Waals surface area contributed by atoms with Gasteiger partial charge in [0.05, 0.1) is 11.8 Å². The number of aromatic amines is 1. The zero-order valence-electron chi connectivity index (χ0n) is 22.4. The monoisotopic (exact) mass is 553 g/mol. The van der Waals surface area contributed by atoms with Gasteiger partial charge in [-0.05, 0) is 71.2 Å². The van der Waals surface area contributed by atoms with E-state index in [2.05, 4.69) is 33.9 Å². The molecular weight excluding hydrogens is 522 g/mol. The molecule has 3 heterocycles. The van der Waals surface area contributed by atoms with Crippen LogP contribution in [0.1, 0.15) is 39.9 Å². The predicted molar refractivity (Wildman–Crippen MR) is 156 cm³/mol. The van der Waals surface area contributed by atoms with Gasteiger partial charge in [0, 0.05) is 61.1 Å². The maximum Gasteiger partial charge on any atom is 0.336 e. The predicted octanol–water partition coefficient (Wildman–Crippen LogP) is 4.79. The molecule has 2 saturated heterocycles. The average Bonchev–Trinajstić information content (AvgIpc) is 3.39. The number of aromatic carboxylic acids is 1. The van der Waals surface area contributed by atoms with E-state index in [-0.39, 0.29) is 11.0 Å². The number of fused-ring (bicyclic) bond motifs is 1. The molecule has 0 radical (unpaired) electrons. The maximum absolute atomic E-state index is 12.1. The molecule has 0 atom stereocenters. The number of H-pyrrole nitrogens is 1. The van der Waals surface area contributed by atoms with E-state index in [4.69, 9.17) is 0 Å². The second-order valence-corrected chi connectivity index (χ2v) is 13.0. The molecule has 2 aliphatic rings. The number of hydrogen-bond acceptors (Lipinski definition) is 4. The lowest BCUT2D eigenvalue weighted by Crippen LogP contribution is -2.60. The zero-order valence-corrected chi connectivity index (χ0v) is 23.2. The van der Waals surface area contributed by atoms with E-state index in [1.165, 1.54) is 11.8 Å².